The zero-order valence-electron chi connectivity index (χ0n) is 10.6. The van der Waals surface area contributed by atoms with Gasteiger partial charge in [0.15, 0.2) is 0 Å². The maximum absolute atomic E-state index is 13.2. The zero-order chi connectivity index (χ0) is 14.0. The van der Waals surface area contributed by atoms with E-state index in [-0.39, 0.29) is 12.2 Å². The summed E-state index contributed by atoms with van der Waals surface area (Å²) in [7, 11) is -3.30. The van der Waals surface area contributed by atoms with Crippen LogP contribution >= 0.6 is 0 Å². The van der Waals surface area contributed by atoms with Crippen LogP contribution in [-0.4, -0.2) is 26.8 Å². The first kappa shape index (κ1) is 14.7. The smallest absolute Gasteiger partial charge is 0.209 e. The van der Waals surface area contributed by atoms with Crippen LogP contribution in [0.25, 0.3) is 0 Å². The average Bonchev–Trinajstić information content (AvgIpc) is 2.17. The molecule has 0 fully saturated rings. The fourth-order valence-electron chi connectivity index (χ4n) is 1.55. The molecule has 0 aliphatic heterocycles. The van der Waals surface area contributed by atoms with Crippen LogP contribution in [0.5, 0.6) is 0 Å². The normalized spacial score (nSPS) is 12.4. The second-order valence-corrected chi connectivity index (χ2v) is 6.56. The highest BCUT2D eigenvalue weighted by molar-refractivity contribution is 7.88. The summed E-state index contributed by atoms with van der Waals surface area (Å²) in [5, 5.41) is 2.92. The number of hydrogen-bond donors (Lipinski definition) is 3. The van der Waals surface area contributed by atoms with E-state index in [9.17, 15) is 12.8 Å². The molecule has 1 aromatic rings. The van der Waals surface area contributed by atoms with Gasteiger partial charge >= 0.3 is 0 Å². The minimum atomic E-state index is -3.30. The van der Waals surface area contributed by atoms with Crippen LogP contribution in [0.1, 0.15) is 13.8 Å². The lowest BCUT2D eigenvalue weighted by molar-refractivity contribution is 0.476. The highest BCUT2D eigenvalue weighted by atomic mass is 32.2. The molecular formula is C11H18FN3O2S. The molecule has 0 spiro atoms. The van der Waals surface area contributed by atoms with Crippen molar-refractivity contribution in [1.82, 2.24) is 4.72 Å². The largest absolute Gasteiger partial charge is 0.395 e. The molecule has 0 aliphatic rings. The van der Waals surface area contributed by atoms with Crippen LogP contribution in [-0.2, 0) is 10.0 Å². The number of sulfonamides is 1. The van der Waals surface area contributed by atoms with Crippen LogP contribution in [0.15, 0.2) is 18.2 Å². The third-order valence-electron chi connectivity index (χ3n) is 2.24. The van der Waals surface area contributed by atoms with Gasteiger partial charge in [-0.15, -0.1) is 0 Å². The van der Waals surface area contributed by atoms with Gasteiger partial charge in [0.05, 0.1) is 17.6 Å². The molecule has 0 bridgehead atoms. The molecule has 0 radical (unpaired) electrons. The highest BCUT2D eigenvalue weighted by Gasteiger charge is 2.22. The van der Waals surface area contributed by atoms with Crippen molar-refractivity contribution in [3.05, 3.63) is 24.0 Å². The van der Waals surface area contributed by atoms with Crippen LogP contribution in [0, 0.1) is 5.82 Å². The first-order valence-electron chi connectivity index (χ1n) is 5.37. The number of nitrogens with two attached hydrogens (primary N) is 1. The molecular weight excluding hydrogens is 257 g/mol. The summed E-state index contributed by atoms with van der Waals surface area (Å²) in [6.07, 6.45) is 1.09. The summed E-state index contributed by atoms with van der Waals surface area (Å²) in [6.45, 7) is 3.72. The van der Waals surface area contributed by atoms with Crippen molar-refractivity contribution in [2.45, 2.75) is 19.4 Å². The molecule has 7 heteroatoms. The van der Waals surface area contributed by atoms with E-state index >= 15 is 0 Å². The lowest BCUT2D eigenvalue weighted by atomic mass is 10.1. The Morgan fingerprint density at radius 2 is 2.00 bits per heavy atom. The van der Waals surface area contributed by atoms with E-state index < -0.39 is 21.4 Å². The molecule has 0 atom stereocenters. The van der Waals surface area contributed by atoms with Crippen molar-refractivity contribution in [2.75, 3.05) is 23.9 Å². The Kier molecular flexibility index (Phi) is 4.18. The number of anilines is 2. The number of rotatable bonds is 5. The molecule has 1 aromatic carbocycles. The quantitative estimate of drug-likeness (QED) is 0.704. The number of hydrogen-bond acceptors (Lipinski definition) is 4. The average molecular weight is 275 g/mol. The fourth-order valence-corrected chi connectivity index (χ4v) is 2.62. The van der Waals surface area contributed by atoms with Gasteiger partial charge in [0, 0.05) is 12.1 Å². The van der Waals surface area contributed by atoms with Crippen molar-refractivity contribution in [2.24, 2.45) is 0 Å². The van der Waals surface area contributed by atoms with Crippen LogP contribution in [0.4, 0.5) is 15.8 Å². The summed E-state index contributed by atoms with van der Waals surface area (Å²) in [4.78, 5) is 0. The van der Waals surface area contributed by atoms with Crippen LogP contribution in [0.3, 0.4) is 0 Å². The van der Waals surface area contributed by atoms with Crippen LogP contribution in [0.2, 0.25) is 0 Å². The first-order chi connectivity index (χ1) is 8.11. The number of para-hydroxylation sites is 1. The standard InChI is InChI=1S/C11H18FN3O2S/c1-11(2,15-18(3,16)17)7-14-9-6-4-5-8(12)10(9)13/h4-6,14-15H,7,13H2,1-3H3. The molecule has 0 heterocycles. The van der Waals surface area contributed by atoms with E-state index in [0.717, 1.165) is 6.26 Å². The lowest BCUT2D eigenvalue weighted by Crippen LogP contribution is -2.47. The van der Waals surface area contributed by atoms with Gasteiger partial charge in [-0.2, -0.15) is 0 Å². The summed E-state index contributed by atoms with van der Waals surface area (Å²) in [5.41, 5.74) is 5.32. The number of nitrogen functional groups attached to an aromatic ring is 1. The Hall–Kier alpha value is -1.34. The molecule has 1 rings (SSSR count). The summed E-state index contributed by atoms with van der Waals surface area (Å²) >= 11 is 0. The molecule has 0 aromatic heterocycles. The number of benzene rings is 1. The third kappa shape index (κ3) is 4.50. The fraction of sp³-hybridized carbons (Fsp3) is 0.455. The van der Waals surface area contributed by atoms with E-state index in [1.54, 1.807) is 19.9 Å². The van der Waals surface area contributed by atoms with Crippen molar-refractivity contribution in [3.63, 3.8) is 0 Å². The van der Waals surface area contributed by atoms with Crippen molar-refractivity contribution in [1.29, 1.82) is 0 Å². The van der Waals surface area contributed by atoms with E-state index in [2.05, 4.69) is 10.0 Å². The molecule has 0 saturated heterocycles. The van der Waals surface area contributed by atoms with E-state index in [0.29, 0.717) is 5.69 Å². The maximum Gasteiger partial charge on any atom is 0.209 e. The molecule has 0 amide bonds. The number of nitrogens with one attached hydrogen (secondary N) is 2. The van der Waals surface area contributed by atoms with Gasteiger partial charge in [-0.25, -0.2) is 17.5 Å². The van der Waals surface area contributed by atoms with Gasteiger partial charge in [-0.1, -0.05) is 6.07 Å². The van der Waals surface area contributed by atoms with Gasteiger partial charge in [-0.3, -0.25) is 0 Å². The molecule has 5 nitrogen and oxygen atoms in total. The van der Waals surface area contributed by atoms with Gasteiger partial charge in [0.2, 0.25) is 10.0 Å². The molecule has 4 N–H and O–H groups in total. The third-order valence-corrected chi connectivity index (χ3v) is 3.16. The monoisotopic (exact) mass is 275 g/mol. The predicted molar refractivity (Wildman–Crippen MR) is 71.4 cm³/mol. The summed E-state index contributed by atoms with van der Waals surface area (Å²) in [5.74, 6) is -0.506. The Balaban J connectivity index is 2.73. The van der Waals surface area contributed by atoms with Gasteiger partial charge < -0.3 is 11.1 Å². The zero-order valence-corrected chi connectivity index (χ0v) is 11.4. The van der Waals surface area contributed by atoms with Crippen molar-refractivity contribution in [3.8, 4) is 0 Å². The van der Waals surface area contributed by atoms with E-state index in [4.69, 9.17) is 5.73 Å². The SMILES string of the molecule is CC(C)(CNc1cccc(F)c1N)NS(C)(=O)=O. The summed E-state index contributed by atoms with van der Waals surface area (Å²) in [6, 6.07) is 4.43. The minimum Gasteiger partial charge on any atom is -0.395 e. The first-order valence-corrected chi connectivity index (χ1v) is 7.27. The predicted octanol–water partition coefficient (Wildman–Crippen LogP) is 1.15. The lowest BCUT2D eigenvalue weighted by Gasteiger charge is -2.26. The Labute approximate surface area is 107 Å². The van der Waals surface area contributed by atoms with E-state index in [1.165, 1.54) is 12.1 Å². The Morgan fingerprint density at radius 3 is 2.56 bits per heavy atom. The number of halogens is 1. The van der Waals surface area contributed by atoms with E-state index in [1.807, 2.05) is 0 Å². The van der Waals surface area contributed by atoms with Crippen molar-refractivity contribution >= 4 is 21.4 Å². The molecule has 0 saturated carbocycles. The second-order valence-electron chi connectivity index (χ2n) is 4.81. The minimum absolute atomic E-state index is 0.0210. The van der Waals surface area contributed by atoms with Crippen LogP contribution < -0.4 is 15.8 Å². The molecule has 102 valence electrons. The van der Waals surface area contributed by atoms with Gasteiger partial charge in [0.25, 0.3) is 0 Å². The summed E-state index contributed by atoms with van der Waals surface area (Å²) < 4.78 is 38.0. The van der Waals surface area contributed by atoms with Gasteiger partial charge in [-0.05, 0) is 26.0 Å². The second kappa shape index (κ2) is 5.11. The molecule has 0 aliphatic carbocycles. The molecule has 18 heavy (non-hydrogen) atoms. The maximum atomic E-state index is 13.2. The Morgan fingerprint density at radius 1 is 1.39 bits per heavy atom. The van der Waals surface area contributed by atoms with Gasteiger partial charge in [0.1, 0.15) is 5.82 Å². The Bertz CT molecular complexity index is 529. The van der Waals surface area contributed by atoms with Crippen molar-refractivity contribution < 1.29 is 12.8 Å². The highest BCUT2D eigenvalue weighted by Crippen LogP contribution is 2.21. The topological polar surface area (TPSA) is 84.2 Å². The molecule has 0 unspecified atom stereocenters.